The largest absolute Gasteiger partial charge is 0.417 e. The predicted molar refractivity (Wildman–Crippen MR) is 80.6 cm³/mol. The lowest BCUT2D eigenvalue weighted by Gasteiger charge is -2.13. The van der Waals surface area contributed by atoms with E-state index < -0.39 is 26.5 Å². The molecule has 0 amide bonds. The van der Waals surface area contributed by atoms with Crippen LogP contribution in [-0.2, 0) is 16.0 Å². The molecular weight excluding hydrogens is 345 g/mol. The number of benzene rings is 1. The van der Waals surface area contributed by atoms with E-state index in [1.807, 2.05) is 0 Å². The van der Waals surface area contributed by atoms with Crippen molar-refractivity contribution < 1.29 is 21.6 Å². The number of aromatic amines is 1. The number of nitrogens with zero attached hydrogens (tertiary/aromatic N) is 3. The third-order valence-electron chi connectivity index (χ3n) is 3.41. The van der Waals surface area contributed by atoms with E-state index >= 15 is 0 Å². The monoisotopic (exact) mass is 358 g/mol. The summed E-state index contributed by atoms with van der Waals surface area (Å²) in [5.74, 6) is -0.161. The zero-order chi connectivity index (χ0) is 17.5. The fourth-order valence-corrected chi connectivity index (χ4v) is 3.94. The number of aromatic nitrogens is 4. The van der Waals surface area contributed by atoms with Crippen LogP contribution in [0.25, 0.3) is 17.0 Å². The number of sulfone groups is 1. The molecule has 2 aromatic heterocycles. The van der Waals surface area contributed by atoms with Crippen molar-refractivity contribution >= 4 is 20.9 Å². The fourth-order valence-electron chi connectivity index (χ4n) is 2.38. The van der Waals surface area contributed by atoms with Crippen molar-refractivity contribution in [1.29, 1.82) is 0 Å². The number of hydrogen-bond acceptors (Lipinski definition) is 4. The summed E-state index contributed by atoms with van der Waals surface area (Å²) >= 11 is 0. The van der Waals surface area contributed by atoms with Gasteiger partial charge in [0.15, 0.2) is 9.84 Å². The standard InChI is InChI=1S/C14H13F3N4O2S/c1-2-6-24(22,23)12-8-11-10(7-9(12)14(15,16)17)19-13(20-11)21-5-3-4-18-21/h3-5,7-8H,2,6H2,1H3,(H,19,20). The highest BCUT2D eigenvalue weighted by Gasteiger charge is 2.37. The first-order chi connectivity index (χ1) is 11.2. The summed E-state index contributed by atoms with van der Waals surface area (Å²) in [6.45, 7) is 1.59. The number of nitrogens with one attached hydrogen (secondary N) is 1. The lowest BCUT2D eigenvalue weighted by Crippen LogP contribution is -2.15. The maximum Gasteiger partial charge on any atom is 0.417 e. The zero-order valence-electron chi connectivity index (χ0n) is 12.5. The van der Waals surface area contributed by atoms with E-state index in [9.17, 15) is 21.6 Å². The number of imidazole rings is 1. The molecule has 3 aromatic rings. The summed E-state index contributed by atoms with van der Waals surface area (Å²) in [5, 5.41) is 3.94. The second kappa shape index (κ2) is 5.62. The van der Waals surface area contributed by atoms with Gasteiger partial charge in [0.1, 0.15) is 0 Å². The topological polar surface area (TPSA) is 80.6 Å². The van der Waals surface area contributed by atoms with Crippen molar-refractivity contribution in [2.75, 3.05) is 5.75 Å². The molecule has 0 saturated carbocycles. The van der Waals surface area contributed by atoms with Crippen molar-refractivity contribution in [3.8, 4) is 5.95 Å². The molecule has 0 radical (unpaired) electrons. The highest BCUT2D eigenvalue weighted by Crippen LogP contribution is 2.37. The Morgan fingerprint density at radius 2 is 2.04 bits per heavy atom. The predicted octanol–water partition coefficient (Wildman–Crippen LogP) is 2.95. The lowest BCUT2D eigenvalue weighted by molar-refractivity contribution is -0.139. The average molecular weight is 358 g/mol. The van der Waals surface area contributed by atoms with Gasteiger partial charge in [-0.3, -0.25) is 0 Å². The number of fused-ring (bicyclic) bond motifs is 1. The number of hydrogen-bond donors (Lipinski definition) is 1. The highest BCUT2D eigenvalue weighted by molar-refractivity contribution is 7.91. The summed E-state index contributed by atoms with van der Waals surface area (Å²) in [4.78, 5) is 6.09. The molecule has 0 bridgehead atoms. The molecule has 1 N–H and O–H groups in total. The zero-order valence-corrected chi connectivity index (χ0v) is 13.3. The van der Waals surface area contributed by atoms with Crippen LogP contribution >= 0.6 is 0 Å². The van der Waals surface area contributed by atoms with E-state index in [-0.39, 0.29) is 29.2 Å². The van der Waals surface area contributed by atoms with Crippen molar-refractivity contribution in [3.05, 3.63) is 36.2 Å². The van der Waals surface area contributed by atoms with E-state index in [2.05, 4.69) is 15.1 Å². The molecule has 24 heavy (non-hydrogen) atoms. The highest BCUT2D eigenvalue weighted by atomic mass is 32.2. The Morgan fingerprint density at radius 1 is 1.29 bits per heavy atom. The smallest absolute Gasteiger partial charge is 0.322 e. The van der Waals surface area contributed by atoms with Crippen LogP contribution in [-0.4, -0.2) is 33.9 Å². The molecule has 0 aliphatic carbocycles. The minimum atomic E-state index is -4.79. The molecule has 6 nitrogen and oxygen atoms in total. The van der Waals surface area contributed by atoms with Gasteiger partial charge >= 0.3 is 6.18 Å². The molecule has 0 saturated heterocycles. The minimum Gasteiger partial charge on any atom is -0.322 e. The Hall–Kier alpha value is -2.36. The van der Waals surface area contributed by atoms with Gasteiger partial charge in [0.2, 0.25) is 5.95 Å². The van der Waals surface area contributed by atoms with Crippen LogP contribution in [0.4, 0.5) is 13.2 Å². The number of alkyl halides is 3. The Labute approximate surface area is 135 Å². The molecule has 3 rings (SSSR count). The summed E-state index contributed by atoms with van der Waals surface area (Å²) in [6, 6.07) is 3.37. The van der Waals surface area contributed by atoms with Crippen molar-refractivity contribution in [2.45, 2.75) is 24.4 Å². The van der Waals surface area contributed by atoms with Gasteiger partial charge in [0.05, 0.1) is 27.2 Å². The van der Waals surface area contributed by atoms with Crippen LogP contribution in [0, 0.1) is 0 Å². The van der Waals surface area contributed by atoms with Gasteiger partial charge in [0, 0.05) is 12.4 Å². The van der Waals surface area contributed by atoms with Gasteiger partial charge in [-0.1, -0.05) is 6.92 Å². The quantitative estimate of drug-likeness (QED) is 0.778. The molecule has 0 unspecified atom stereocenters. The molecule has 2 heterocycles. The average Bonchev–Trinajstić information content (AvgIpc) is 3.13. The Kier molecular flexibility index (Phi) is 3.86. The molecule has 1 aromatic carbocycles. The van der Waals surface area contributed by atoms with Crippen LogP contribution < -0.4 is 0 Å². The van der Waals surface area contributed by atoms with Gasteiger partial charge in [-0.25, -0.2) is 18.1 Å². The fraction of sp³-hybridized carbons (Fsp3) is 0.286. The third kappa shape index (κ3) is 2.88. The van der Waals surface area contributed by atoms with Crippen LogP contribution in [0.1, 0.15) is 18.9 Å². The second-order valence-corrected chi connectivity index (χ2v) is 7.27. The van der Waals surface area contributed by atoms with E-state index in [1.54, 1.807) is 19.2 Å². The van der Waals surface area contributed by atoms with E-state index in [0.29, 0.717) is 0 Å². The van der Waals surface area contributed by atoms with Crippen molar-refractivity contribution in [1.82, 2.24) is 19.7 Å². The summed E-state index contributed by atoms with van der Waals surface area (Å²) in [7, 11) is -4.06. The molecule has 10 heteroatoms. The van der Waals surface area contributed by atoms with Crippen LogP contribution in [0.5, 0.6) is 0 Å². The second-order valence-electron chi connectivity index (χ2n) is 5.19. The maximum atomic E-state index is 13.3. The molecule has 0 fully saturated rings. The van der Waals surface area contributed by atoms with E-state index in [4.69, 9.17) is 0 Å². The lowest BCUT2D eigenvalue weighted by atomic mass is 10.2. The Morgan fingerprint density at radius 3 is 2.62 bits per heavy atom. The minimum absolute atomic E-state index is 0.0864. The van der Waals surface area contributed by atoms with Crippen LogP contribution in [0.3, 0.4) is 0 Å². The molecule has 0 aliphatic heterocycles. The van der Waals surface area contributed by atoms with Crippen LogP contribution in [0.2, 0.25) is 0 Å². The van der Waals surface area contributed by atoms with Gasteiger partial charge in [-0.2, -0.15) is 18.3 Å². The van der Waals surface area contributed by atoms with Gasteiger partial charge in [-0.05, 0) is 24.6 Å². The number of halogens is 3. The number of rotatable bonds is 4. The van der Waals surface area contributed by atoms with E-state index in [0.717, 1.165) is 12.1 Å². The van der Waals surface area contributed by atoms with Gasteiger partial charge in [0.25, 0.3) is 0 Å². The SMILES string of the molecule is CCCS(=O)(=O)c1cc2nc(-n3cccn3)[nH]c2cc1C(F)(F)F. The number of H-pyrrole nitrogens is 1. The normalized spacial score (nSPS) is 12.8. The van der Waals surface area contributed by atoms with Crippen LogP contribution in [0.15, 0.2) is 35.5 Å². The molecular formula is C14H13F3N4O2S. The summed E-state index contributed by atoms with van der Waals surface area (Å²) < 4.78 is 65.7. The maximum absolute atomic E-state index is 13.3. The van der Waals surface area contributed by atoms with Gasteiger partial charge in [-0.15, -0.1) is 0 Å². The molecule has 0 spiro atoms. The summed E-state index contributed by atoms with van der Waals surface area (Å²) in [5.41, 5.74) is -0.981. The molecule has 0 aliphatic rings. The first-order valence-corrected chi connectivity index (χ1v) is 8.71. The van der Waals surface area contributed by atoms with Gasteiger partial charge < -0.3 is 4.98 Å². The van der Waals surface area contributed by atoms with E-state index in [1.165, 1.54) is 10.9 Å². The first-order valence-electron chi connectivity index (χ1n) is 7.06. The Bertz CT molecular complexity index is 976. The van der Waals surface area contributed by atoms with Crippen molar-refractivity contribution in [3.63, 3.8) is 0 Å². The Balaban J connectivity index is 2.26. The first kappa shape index (κ1) is 16.5. The third-order valence-corrected chi connectivity index (χ3v) is 5.36. The summed E-state index contributed by atoms with van der Waals surface area (Å²) in [6.07, 6.45) is -1.51. The molecule has 128 valence electrons. The molecule has 0 atom stereocenters. The van der Waals surface area contributed by atoms with Crippen molar-refractivity contribution in [2.24, 2.45) is 0 Å².